The average molecular weight is 454 g/mol. The summed E-state index contributed by atoms with van der Waals surface area (Å²) >= 11 is 0. The Kier molecular flexibility index (Phi) is 9.92. The molecular weight excluding hydrogens is 414 g/mol. The van der Waals surface area contributed by atoms with Gasteiger partial charge in [-0.3, -0.25) is 9.79 Å². The summed E-state index contributed by atoms with van der Waals surface area (Å²) in [4.78, 5) is 19.7. The first-order valence-electron chi connectivity index (χ1n) is 11.5. The monoisotopic (exact) mass is 453 g/mol. The number of aryl methyl sites for hydroxylation is 1. The lowest BCUT2D eigenvalue weighted by atomic mass is 9.99. The molecule has 0 saturated carbocycles. The Bertz CT molecular complexity index is 913. The lowest BCUT2D eigenvalue weighted by Gasteiger charge is -2.42. The van der Waals surface area contributed by atoms with Gasteiger partial charge in [-0.1, -0.05) is 38.6 Å². The number of amides is 1. The van der Waals surface area contributed by atoms with Crippen LogP contribution >= 0.6 is 0 Å². The van der Waals surface area contributed by atoms with E-state index in [1.807, 2.05) is 24.8 Å². The molecule has 1 aliphatic heterocycles. The molecule has 1 fully saturated rings. The van der Waals surface area contributed by atoms with Crippen LogP contribution in [0.15, 0.2) is 59.4 Å². The van der Waals surface area contributed by atoms with Crippen LogP contribution in [0.2, 0.25) is 0 Å². The van der Waals surface area contributed by atoms with Crippen molar-refractivity contribution in [3.05, 3.63) is 65.5 Å². The van der Waals surface area contributed by atoms with Crippen LogP contribution in [0.25, 0.3) is 0 Å². The van der Waals surface area contributed by atoms with Gasteiger partial charge >= 0.3 is 0 Å². The second-order valence-electron chi connectivity index (χ2n) is 9.39. The van der Waals surface area contributed by atoms with Gasteiger partial charge in [-0.2, -0.15) is 0 Å². The highest BCUT2D eigenvalue weighted by Gasteiger charge is 2.35. The molecule has 0 radical (unpaired) electrons. The second kappa shape index (κ2) is 12.4. The Labute approximate surface area is 198 Å². The minimum absolute atomic E-state index is 0.103. The van der Waals surface area contributed by atoms with Crippen LogP contribution in [-0.4, -0.2) is 49.4 Å². The molecule has 0 spiro atoms. The van der Waals surface area contributed by atoms with Gasteiger partial charge in [0.05, 0.1) is 25.9 Å². The lowest BCUT2D eigenvalue weighted by Crippen LogP contribution is -2.55. The number of methoxy groups -OCH3 is 1. The fourth-order valence-electron chi connectivity index (χ4n) is 3.82. The van der Waals surface area contributed by atoms with Gasteiger partial charge < -0.3 is 20.1 Å². The van der Waals surface area contributed by atoms with Crippen LogP contribution in [-0.2, 0) is 22.4 Å². The second-order valence-corrected chi connectivity index (χ2v) is 9.39. The molecule has 0 aliphatic carbocycles. The number of nitrogens with zero attached hydrogens (tertiary/aromatic N) is 2. The van der Waals surface area contributed by atoms with Gasteiger partial charge in [-0.15, -0.1) is 0 Å². The smallest absolute Gasteiger partial charge is 0.272 e. The van der Waals surface area contributed by atoms with E-state index < -0.39 is 5.54 Å². The number of nitrogens with two attached hydrogens (primary N) is 1. The number of allylic oxidation sites excluding steroid dienone is 3. The molecule has 1 aliphatic rings. The summed E-state index contributed by atoms with van der Waals surface area (Å²) in [5, 5.41) is 0. The van der Waals surface area contributed by atoms with Crippen molar-refractivity contribution in [2.45, 2.75) is 52.5 Å². The van der Waals surface area contributed by atoms with E-state index in [-0.39, 0.29) is 5.91 Å². The van der Waals surface area contributed by atoms with E-state index in [2.05, 4.69) is 43.6 Å². The zero-order valence-corrected chi connectivity index (χ0v) is 20.8. The Morgan fingerprint density at radius 2 is 2.15 bits per heavy atom. The first-order valence-corrected chi connectivity index (χ1v) is 11.5. The van der Waals surface area contributed by atoms with Gasteiger partial charge in [-0.05, 0) is 74.1 Å². The number of ether oxygens (including phenoxy) is 2. The number of morpholine rings is 1. The van der Waals surface area contributed by atoms with E-state index in [0.717, 1.165) is 24.2 Å². The van der Waals surface area contributed by atoms with Gasteiger partial charge in [0.1, 0.15) is 11.4 Å². The molecule has 0 bridgehead atoms. The first-order chi connectivity index (χ1) is 15.7. The van der Waals surface area contributed by atoms with E-state index in [0.29, 0.717) is 43.4 Å². The maximum atomic E-state index is 13.4. The van der Waals surface area contributed by atoms with Gasteiger partial charge in [-0.25, -0.2) is 0 Å². The van der Waals surface area contributed by atoms with Crippen LogP contribution in [0, 0.1) is 5.92 Å². The third-order valence-electron chi connectivity index (χ3n) is 5.54. The minimum Gasteiger partial charge on any atom is -0.496 e. The summed E-state index contributed by atoms with van der Waals surface area (Å²) in [6.07, 6.45) is 8.96. The van der Waals surface area contributed by atoms with Crippen molar-refractivity contribution >= 4 is 12.1 Å². The van der Waals surface area contributed by atoms with Gasteiger partial charge in [0.25, 0.3) is 5.91 Å². The van der Waals surface area contributed by atoms with Gasteiger partial charge in [0.2, 0.25) is 0 Å². The highest BCUT2D eigenvalue weighted by atomic mass is 16.5. The third kappa shape index (κ3) is 7.90. The topological polar surface area (TPSA) is 77.1 Å². The molecule has 0 unspecified atom stereocenters. The molecule has 1 heterocycles. The van der Waals surface area contributed by atoms with Gasteiger partial charge in [0, 0.05) is 12.8 Å². The minimum atomic E-state index is -0.391. The maximum absolute atomic E-state index is 13.4. The van der Waals surface area contributed by atoms with E-state index >= 15 is 0 Å². The third-order valence-corrected chi connectivity index (χ3v) is 5.54. The van der Waals surface area contributed by atoms with Crippen LogP contribution in [0.1, 0.15) is 45.2 Å². The molecule has 33 heavy (non-hydrogen) atoms. The van der Waals surface area contributed by atoms with E-state index in [1.54, 1.807) is 19.4 Å². The first kappa shape index (κ1) is 26.4. The van der Waals surface area contributed by atoms with Crippen molar-refractivity contribution in [1.29, 1.82) is 0 Å². The predicted molar refractivity (Wildman–Crippen MR) is 136 cm³/mol. The van der Waals surface area contributed by atoms with Crippen LogP contribution in [0.4, 0.5) is 0 Å². The maximum Gasteiger partial charge on any atom is 0.272 e. The number of benzene rings is 1. The Balaban J connectivity index is 2.21. The fourth-order valence-corrected chi connectivity index (χ4v) is 3.82. The van der Waals surface area contributed by atoms with Crippen molar-refractivity contribution in [3.8, 4) is 5.75 Å². The largest absolute Gasteiger partial charge is 0.496 e. The molecule has 1 aromatic carbocycles. The van der Waals surface area contributed by atoms with Crippen molar-refractivity contribution in [2.75, 3.05) is 26.9 Å². The summed E-state index contributed by atoms with van der Waals surface area (Å²) in [6, 6.07) is 6.37. The van der Waals surface area contributed by atoms with E-state index in [9.17, 15) is 4.79 Å². The standard InChI is InChI=1S/C27H39N3O3/c1-20(2)16-23-11-10-22(17-25(23)32-6)8-7-9-24(29-18-21(3)12-13-28)26(31)30-14-15-33-19-27(30,4)5/h9-13,17-18,20H,3,7-8,14-16,19,28H2,1-2,4-6H3/b13-12-,24-9+,29-18?. The van der Waals surface area contributed by atoms with Crippen LogP contribution < -0.4 is 10.5 Å². The summed E-state index contributed by atoms with van der Waals surface area (Å²) in [7, 11) is 1.71. The molecule has 180 valence electrons. The number of rotatable bonds is 10. The molecule has 1 aromatic rings. The van der Waals surface area contributed by atoms with Gasteiger partial charge in [0.15, 0.2) is 0 Å². The van der Waals surface area contributed by atoms with Crippen molar-refractivity contribution in [3.63, 3.8) is 0 Å². The van der Waals surface area contributed by atoms with E-state index in [4.69, 9.17) is 15.2 Å². The number of hydrogen-bond donors (Lipinski definition) is 1. The van der Waals surface area contributed by atoms with Crippen molar-refractivity contribution in [1.82, 2.24) is 4.90 Å². The highest BCUT2D eigenvalue weighted by Crippen LogP contribution is 2.25. The Hall–Kier alpha value is -2.86. The average Bonchev–Trinajstić information content (AvgIpc) is 2.76. The lowest BCUT2D eigenvalue weighted by molar-refractivity contribution is -0.142. The molecule has 0 atom stereocenters. The summed E-state index contributed by atoms with van der Waals surface area (Å²) < 4.78 is 11.2. The summed E-state index contributed by atoms with van der Waals surface area (Å²) in [5.74, 6) is 1.38. The quantitative estimate of drug-likeness (QED) is 0.323. The van der Waals surface area contributed by atoms with Crippen molar-refractivity contribution < 1.29 is 14.3 Å². The zero-order valence-electron chi connectivity index (χ0n) is 20.8. The predicted octanol–water partition coefficient (Wildman–Crippen LogP) is 4.45. The highest BCUT2D eigenvalue weighted by molar-refractivity contribution is 5.96. The molecule has 6 heteroatoms. The SMILES string of the molecule is C=C(C=N/C(=C/CCc1ccc(CC(C)C)c(OC)c1)C(=O)N1CCOCC1(C)C)/C=C\N. The number of carbonyl (C=O) groups excluding carboxylic acids is 1. The summed E-state index contributed by atoms with van der Waals surface area (Å²) in [5.41, 5.74) is 8.45. The number of aliphatic imine (C=N–C) groups is 1. The van der Waals surface area contributed by atoms with Crippen LogP contribution in [0.5, 0.6) is 5.75 Å². The molecule has 1 saturated heterocycles. The number of carbonyl (C=O) groups is 1. The van der Waals surface area contributed by atoms with Crippen LogP contribution in [0.3, 0.4) is 0 Å². The number of hydrogen-bond acceptors (Lipinski definition) is 5. The molecular formula is C27H39N3O3. The Morgan fingerprint density at radius 3 is 2.79 bits per heavy atom. The molecule has 1 amide bonds. The normalized spacial score (nSPS) is 16.7. The zero-order chi connectivity index (χ0) is 24.4. The molecule has 6 nitrogen and oxygen atoms in total. The molecule has 0 aromatic heterocycles. The summed E-state index contributed by atoms with van der Waals surface area (Å²) in [6.45, 7) is 13.9. The molecule has 2 rings (SSSR count). The van der Waals surface area contributed by atoms with E-state index in [1.165, 1.54) is 11.8 Å². The Morgan fingerprint density at radius 1 is 1.39 bits per heavy atom. The fraction of sp³-hybridized carbons (Fsp3) is 0.481. The van der Waals surface area contributed by atoms with Crippen molar-refractivity contribution in [2.24, 2.45) is 16.6 Å². The molecule has 2 N–H and O–H groups in total.